The first-order valence-corrected chi connectivity index (χ1v) is 19.3. The molecule has 0 fully saturated rings. The van der Waals surface area contributed by atoms with Crippen LogP contribution in [0.4, 0.5) is 0 Å². The van der Waals surface area contributed by atoms with Gasteiger partial charge in [-0.25, -0.2) is 9.97 Å². The maximum Gasteiger partial charge on any atom is 0.160 e. The Bertz CT molecular complexity index is 3140. The summed E-state index contributed by atoms with van der Waals surface area (Å²) in [4.78, 5) is 10.4. The Morgan fingerprint density at radius 2 is 1.04 bits per heavy atom. The first kappa shape index (κ1) is 32.3. The Balaban J connectivity index is 1.04. The SMILES string of the molecule is CC1(C)c2cc3ccccc3cc2-c2c(-c3ccc(-c4cc(-c5ccc6c7ccccc7n(-c7ccccc7)c6c5)nc(-c5ccccc5)n4)cc3)cccc21. The Morgan fingerprint density at radius 1 is 0.411 bits per heavy atom. The largest absolute Gasteiger partial charge is 0.309 e. The van der Waals surface area contributed by atoms with Gasteiger partial charge in [0.05, 0.1) is 22.4 Å². The van der Waals surface area contributed by atoms with E-state index in [-0.39, 0.29) is 5.41 Å². The Hall–Kier alpha value is -7.10. The zero-order valence-corrected chi connectivity index (χ0v) is 31.2. The summed E-state index contributed by atoms with van der Waals surface area (Å²) in [6.45, 7) is 4.71. The smallest absolute Gasteiger partial charge is 0.160 e. The van der Waals surface area contributed by atoms with Gasteiger partial charge in [-0.15, -0.1) is 0 Å². The van der Waals surface area contributed by atoms with Gasteiger partial charge in [-0.05, 0) is 86.6 Å². The fourth-order valence-electron chi connectivity index (χ4n) is 8.98. The summed E-state index contributed by atoms with van der Waals surface area (Å²) in [5.41, 5.74) is 16.1. The highest BCUT2D eigenvalue weighted by Gasteiger charge is 2.37. The molecule has 2 aromatic heterocycles. The van der Waals surface area contributed by atoms with E-state index in [2.05, 4.69) is 188 Å². The number of rotatable bonds is 5. The summed E-state index contributed by atoms with van der Waals surface area (Å²) in [5.74, 6) is 0.706. The lowest BCUT2D eigenvalue weighted by Crippen LogP contribution is -2.14. The molecule has 1 aliphatic carbocycles. The van der Waals surface area contributed by atoms with Crippen molar-refractivity contribution in [1.82, 2.24) is 14.5 Å². The molecule has 0 aliphatic heterocycles. The van der Waals surface area contributed by atoms with Crippen LogP contribution in [0.2, 0.25) is 0 Å². The lowest BCUT2D eigenvalue weighted by atomic mass is 9.81. The first-order chi connectivity index (χ1) is 27.5. The highest BCUT2D eigenvalue weighted by Crippen LogP contribution is 2.53. The fourth-order valence-corrected chi connectivity index (χ4v) is 8.98. The Morgan fingerprint density at radius 3 is 1.82 bits per heavy atom. The zero-order chi connectivity index (χ0) is 37.4. The Labute approximate surface area is 326 Å². The molecule has 8 aromatic carbocycles. The predicted molar refractivity (Wildman–Crippen MR) is 233 cm³/mol. The van der Waals surface area contributed by atoms with Gasteiger partial charge in [0, 0.05) is 38.6 Å². The van der Waals surface area contributed by atoms with Crippen LogP contribution in [0.3, 0.4) is 0 Å². The van der Waals surface area contributed by atoms with Crippen molar-refractivity contribution in [2.24, 2.45) is 0 Å². The van der Waals surface area contributed by atoms with Crippen LogP contribution in [0.25, 0.3) is 94.4 Å². The molecule has 0 atom stereocenters. The molecule has 0 radical (unpaired) electrons. The van der Waals surface area contributed by atoms with E-state index in [1.165, 1.54) is 60.4 Å². The van der Waals surface area contributed by atoms with Crippen LogP contribution in [0, 0.1) is 0 Å². The first-order valence-electron chi connectivity index (χ1n) is 19.3. The van der Waals surface area contributed by atoms with Gasteiger partial charge < -0.3 is 4.57 Å². The molecular weight excluding hydrogens is 679 g/mol. The van der Waals surface area contributed by atoms with Crippen LogP contribution in [0.15, 0.2) is 188 Å². The van der Waals surface area contributed by atoms with Crippen molar-refractivity contribution in [2.45, 2.75) is 19.3 Å². The molecule has 1 aliphatic rings. The number of benzene rings is 8. The second-order valence-electron chi connectivity index (χ2n) is 15.4. The zero-order valence-electron chi connectivity index (χ0n) is 31.2. The van der Waals surface area contributed by atoms with Crippen molar-refractivity contribution in [3.63, 3.8) is 0 Å². The number of aromatic nitrogens is 3. The molecular formula is C53H37N3. The maximum atomic E-state index is 5.20. The van der Waals surface area contributed by atoms with Crippen molar-refractivity contribution in [2.75, 3.05) is 0 Å². The molecule has 0 N–H and O–H groups in total. The van der Waals surface area contributed by atoms with Crippen LogP contribution in [0.5, 0.6) is 0 Å². The molecule has 10 aromatic rings. The monoisotopic (exact) mass is 715 g/mol. The number of hydrogen-bond donors (Lipinski definition) is 0. The number of fused-ring (bicyclic) bond motifs is 7. The molecule has 0 saturated carbocycles. The minimum atomic E-state index is -0.0890. The van der Waals surface area contributed by atoms with Crippen molar-refractivity contribution in [3.8, 4) is 61.8 Å². The molecule has 3 heteroatoms. The van der Waals surface area contributed by atoms with Crippen molar-refractivity contribution >= 4 is 32.6 Å². The van der Waals surface area contributed by atoms with Gasteiger partial charge in [-0.2, -0.15) is 0 Å². The van der Waals surface area contributed by atoms with E-state index in [1.807, 2.05) is 18.2 Å². The molecule has 0 unspecified atom stereocenters. The molecule has 0 bridgehead atoms. The number of nitrogens with zero attached hydrogens (tertiary/aromatic N) is 3. The molecule has 2 heterocycles. The van der Waals surface area contributed by atoms with E-state index >= 15 is 0 Å². The number of para-hydroxylation sites is 2. The lowest BCUT2D eigenvalue weighted by Gasteiger charge is -2.22. The van der Waals surface area contributed by atoms with E-state index in [1.54, 1.807) is 0 Å². The van der Waals surface area contributed by atoms with Gasteiger partial charge in [-0.3, -0.25) is 0 Å². The molecule has 0 amide bonds. The highest BCUT2D eigenvalue weighted by atomic mass is 15.0. The fraction of sp³-hybridized carbons (Fsp3) is 0.0566. The van der Waals surface area contributed by atoms with Crippen LogP contribution < -0.4 is 0 Å². The topological polar surface area (TPSA) is 30.7 Å². The van der Waals surface area contributed by atoms with Gasteiger partial charge in [0.15, 0.2) is 5.82 Å². The average molecular weight is 716 g/mol. The van der Waals surface area contributed by atoms with Crippen LogP contribution in [-0.2, 0) is 5.41 Å². The van der Waals surface area contributed by atoms with E-state index in [0.717, 1.165) is 39.3 Å². The van der Waals surface area contributed by atoms with Crippen LogP contribution >= 0.6 is 0 Å². The molecule has 56 heavy (non-hydrogen) atoms. The van der Waals surface area contributed by atoms with Crippen molar-refractivity contribution in [3.05, 3.63) is 199 Å². The third-order valence-corrected chi connectivity index (χ3v) is 11.8. The van der Waals surface area contributed by atoms with E-state index < -0.39 is 0 Å². The molecule has 11 rings (SSSR count). The summed E-state index contributed by atoms with van der Waals surface area (Å²) in [6, 6.07) is 67.6. The lowest BCUT2D eigenvalue weighted by molar-refractivity contribution is 0.661. The van der Waals surface area contributed by atoms with E-state index in [9.17, 15) is 0 Å². The summed E-state index contributed by atoms with van der Waals surface area (Å²) >= 11 is 0. The number of hydrogen-bond acceptors (Lipinski definition) is 2. The summed E-state index contributed by atoms with van der Waals surface area (Å²) in [6.07, 6.45) is 0. The minimum absolute atomic E-state index is 0.0890. The second-order valence-corrected chi connectivity index (χ2v) is 15.4. The van der Waals surface area contributed by atoms with Crippen molar-refractivity contribution < 1.29 is 0 Å². The molecule has 3 nitrogen and oxygen atoms in total. The highest BCUT2D eigenvalue weighted by molar-refractivity contribution is 6.10. The van der Waals surface area contributed by atoms with Crippen LogP contribution in [-0.4, -0.2) is 14.5 Å². The second kappa shape index (κ2) is 12.5. The molecule has 0 spiro atoms. The van der Waals surface area contributed by atoms with Crippen LogP contribution in [0.1, 0.15) is 25.0 Å². The maximum absolute atomic E-state index is 5.20. The van der Waals surface area contributed by atoms with Gasteiger partial charge in [0.25, 0.3) is 0 Å². The summed E-state index contributed by atoms with van der Waals surface area (Å²) < 4.78 is 2.36. The summed E-state index contributed by atoms with van der Waals surface area (Å²) in [5, 5.41) is 5.01. The standard InChI is InChI=1S/C53H37N3/c1-53(2)45-22-13-21-41(51(45)44-30-37-16-9-10-17-38(37)31-46(44)53)34-24-26-35(27-25-34)47-33-48(55-52(54-47)36-14-5-3-6-15-36)39-28-29-43-42-20-11-12-23-49(42)56(50(43)32-39)40-18-7-4-8-19-40/h3-33H,1-2H3. The van der Waals surface area contributed by atoms with E-state index in [4.69, 9.17) is 9.97 Å². The predicted octanol–water partition coefficient (Wildman–Crippen LogP) is 13.7. The summed E-state index contributed by atoms with van der Waals surface area (Å²) in [7, 11) is 0. The third kappa shape index (κ3) is 5.05. The molecule has 0 saturated heterocycles. The van der Waals surface area contributed by atoms with Gasteiger partial charge in [0.1, 0.15) is 0 Å². The normalized spacial score (nSPS) is 13.0. The van der Waals surface area contributed by atoms with E-state index in [0.29, 0.717) is 5.82 Å². The van der Waals surface area contributed by atoms with Crippen molar-refractivity contribution in [1.29, 1.82) is 0 Å². The molecule has 264 valence electrons. The van der Waals surface area contributed by atoms with Gasteiger partial charge >= 0.3 is 0 Å². The van der Waals surface area contributed by atoms with Gasteiger partial charge in [0.2, 0.25) is 0 Å². The third-order valence-electron chi connectivity index (χ3n) is 11.8. The average Bonchev–Trinajstić information content (AvgIpc) is 3.71. The minimum Gasteiger partial charge on any atom is -0.309 e. The quantitative estimate of drug-likeness (QED) is 0.178. The van der Waals surface area contributed by atoms with Gasteiger partial charge in [-0.1, -0.05) is 159 Å². The Kier molecular flexibility index (Phi) is 7.20.